The number of nitrogens with zero attached hydrogens (tertiary/aromatic N) is 2. The third-order valence-corrected chi connectivity index (χ3v) is 7.83. The normalized spacial score (nSPS) is 18.2. The first-order valence-electron chi connectivity index (χ1n) is 11.2. The van der Waals surface area contributed by atoms with Crippen LogP contribution in [0.15, 0.2) is 48.5 Å². The monoisotopic (exact) mass is 544 g/mol. The molecule has 1 aliphatic carbocycles. The summed E-state index contributed by atoms with van der Waals surface area (Å²) in [6, 6.07) is 8.95. The average molecular weight is 545 g/mol. The van der Waals surface area contributed by atoms with Gasteiger partial charge in [0.25, 0.3) is 16.1 Å². The number of benzene rings is 2. The highest BCUT2D eigenvalue weighted by atomic mass is 35.5. The van der Waals surface area contributed by atoms with Crippen LogP contribution in [-0.4, -0.2) is 56.1 Å². The van der Waals surface area contributed by atoms with Gasteiger partial charge in [0, 0.05) is 61.2 Å². The van der Waals surface area contributed by atoms with E-state index in [-0.39, 0.29) is 29.2 Å². The fraction of sp³-hybridized carbons (Fsp3) is 0.391. The van der Waals surface area contributed by atoms with E-state index in [4.69, 9.17) is 11.6 Å². The van der Waals surface area contributed by atoms with E-state index in [0.717, 1.165) is 17.0 Å². The molecule has 2 amide bonds. The molecule has 2 N–H and O–H groups in total. The first-order valence-corrected chi connectivity index (χ1v) is 13.0. The Morgan fingerprint density at radius 1 is 1.14 bits per heavy atom. The maximum atomic E-state index is 14.2. The second-order valence-electron chi connectivity index (χ2n) is 8.69. The molecule has 0 bridgehead atoms. The maximum absolute atomic E-state index is 14.2. The second kappa shape index (κ2) is 10.4. The summed E-state index contributed by atoms with van der Waals surface area (Å²) < 4.78 is 68.6. The fourth-order valence-electron chi connectivity index (χ4n) is 3.98. The van der Waals surface area contributed by atoms with Crippen molar-refractivity contribution in [3.8, 4) is 0 Å². The maximum Gasteiger partial charge on any atom is 0.279 e. The number of carbonyl (C=O) groups excluding carboxylic acids is 2. The number of hydrogen-bond donors (Lipinski definition) is 2. The minimum atomic E-state index is -3.72. The molecule has 1 saturated heterocycles. The molecule has 13 heteroatoms. The largest absolute Gasteiger partial charge is 0.351 e. The van der Waals surface area contributed by atoms with Crippen LogP contribution in [-0.2, 0) is 19.8 Å². The predicted molar refractivity (Wildman–Crippen MR) is 127 cm³/mol. The average Bonchev–Trinajstić information content (AvgIpc) is 3.63. The molecule has 1 atom stereocenters. The summed E-state index contributed by atoms with van der Waals surface area (Å²) in [5, 5.41) is 2.67. The van der Waals surface area contributed by atoms with Crippen LogP contribution in [0.3, 0.4) is 0 Å². The SMILES string of the molecule is O=C(NC1CC(F)(F)C1)[C@@H](c1ccccc1Cl)N(C(=O)CCNS(=O)(=O)N1CC1)c1cccc(F)c1. The van der Waals surface area contributed by atoms with Crippen LogP contribution < -0.4 is 14.9 Å². The third kappa shape index (κ3) is 6.17. The van der Waals surface area contributed by atoms with E-state index in [1.807, 2.05) is 0 Å². The Kier molecular flexibility index (Phi) is 7.60. The highest BCUT2D eigenvalue weighted by molar-refractivity contribution is 7.87. The Hall–Kier alpha value is -2.67. The van der Waals surface area contributed by atoms with E-state index in [2.05, 4.69) is 10.0 Å². The fourth-order valence-corrected chi connectivity index (χ4v) is 5.32. The lowest BCUT2D eigenvalue weighted by atomic mass is 9.87. The van der Waals surface area contributed by atoms with Crippen LogP contribution >= 0.6 is 11.6 Å². The van der Waals surface area contributed by atoms with E-state index >= 15 is 0 Å². The van der Waals surface area contributed by atoms with Crippen molar-refractivity contribution >= 4 is 39.3 Å². The Morgan fingerprint density at radius 3 is 2.44 bits per heavy atom. The quantitative estimate of drug-likeness (QED) is 0.449. The molecule has 1 saturated carbocycles. The number of nitrogens with one attached hydrogen (secondary N) is 2. The highest BCUT2D eigenvalue weighted by Gasteiger charge is 2.47. The van der Waals surface area contributed by atoms with Crippen LogP contribution in [0.4, 0.5) is 18.9 Å². The number of halogens is 4. The van der Waals surface area contributed by atoms with Gasteiger partial charge in [-0.05, 0) is 24.3 Å². The van der Waals surface area contributed by atoms with Crippen molar-refractivity contribution in [3.05, 3.63) is 64.9 Å². The number of carbonyl (C=O) groups is 2. The number of amides is 2. The minimum Gasteiger partial charge on any atom is -0.351 e. The number of alkyl halides is 2. The summed E-state index contributed by atoms with van der Waals surface area (Å²) in [4.78, 5) is 27.9. The standard InChI is InChI=1S/C23H24ClF3N4O4S/c24-19-7-2-1-6-18(19)21(22(33)29-16-13-23(26,27)14-16)31(17-5-3-4-15(25)12-17)20(32)8-9-28-36(34,35)30-10-11-30/h1-7,12,16,21,28H,8-11,13-14H2,(H,29,33)/t21-/m1/s1. The second-order valence-corrected chi connectivity index (χ2v) is 10.8. The molecule has 0 radical (unpaired) electrons. The van der Waals surface area contributed by atoms with Gasteiger partial charge < -0.3 is 5.32 Å². The zero-order valence-corrected chi connectivity index (χ0v) is 20.5. The van der Waals surface area contributed by atoms with Gasteiger partial charge >= 0.3 is 0 Å². The van der Waals surface area contributed by atoms with Crippen molar-refractivity contribution in [1.29, 1.82) is 0 Å². The van der Waals surface area contributed by atoms with E-state index in [9.17, 15) is 31.2 Å². The van der Waals surface area contributed by atoms with Gasteiger partial charge in [-0.1, -0.05) is 35.9 Å². The Labute approximate surface area is 211 Å². The topological polar surface area (TPSA) is 98.6 Å². The Balaban J connectivity index is 1.65. The molecular formula is C23H24ClF3N4O4S. The lowest BCUT2D eigenvalue weighted by Gasteiger charge is -2.38. The molecular weight excluding hydrogens is 521 g/mol. The Bertz CT molecular complexity index is 1250. The molecule has 4 rings (SSSR count). The summed E-state index contributed by atoms with van der Waals surface area (Å²) in [6.07, 6.45) is -1.44. The highest BCUT2D eigenvalue weighted by Crippen LogP contribution is 2.39. The van der Waals surface area contributed by atoms with Gasteiger partial charge in [0.15, 0.2) is 0 Å². The van der Waals surface area contributed by atoms with Gasteiger partial charge in [-0.25, -0.2) is 17.9 Å². The van der Waals surface area contributed by atoms with Gasteiger partial charge in [0.2, 0.25) is 11.8 Å². The lowest BCUT2D eigenvalue weighted by Crippen LogP contribution is -2.54. The van der Waals surface area contributed by atoms with Crippen molar-refractivity contribution in [2.45, 2.75) is 37.3 Å². The molecule has 36 heavy (non-hydrogen) atoms. The summed E-state index contributed by atoms with van der Waals surface area (Å²) in [6.45, 7) is 0.497. The van der Waals surface area contributed by atoms with Crippen LogP contribution in [0.25, 0.3) is 0 Å². The molecule has 2 fully saturated rings. The van der Waals surface area contributed by atoms with E-state index in [1.165, 1.54) is 28.6 Å². The zero-order chi connectivity index (χ0) is 26.1. The van der Waals surface area contributed by atoms with Gasteiger partial charge in [0.1, 0.15) is 11.9 Å². The van der Waals surface area contributed by atoms with Crippen molar-refractivity contribution in [2.24, 2.45) is 0 Å². The van der Waals surface area contributed by atoms with Crippen molar-refractivity contribution < 1.29 is 31.2 Å². The van der Waals surface area contributed by atoms with Crippen LogP contribution in [0.1, 0.15) is 30.9 Å². The van der Waals surface area contributed by atoms with Crippen molar-refractivity contribution in [1.82, 2.24) is 14.3 Å². The molecule has 0 spiro atoms. The minimum absolute atomic E-state index is 0.0211. The van der Waals surface area contributed by atoms with Crippen molar-refractivity contribution in [3.63, 3.8) is 0 Å². The zero-order valence-electron chi connectivity index (χ0n) is 19.0. The molecule has 2 aromatic rings. The summed E-state index contributed by atoms with van der Waals surface area (Å²) >= 11 is 6.36. The molecule has 0 unspecified atom stereocenters. The molecule has 1 heterocycles. The summed E-state index contributed by atoms with van der Waals surface area (Å²) in [7, 11) is -3.72. The lowest BCUT2D eigenvalue weighted by molar-refractivity contribution is -0.132. The number of hydrogen-bond acceptors (Lipinski definition) is 4. The van der Waals surface area contributed by atoms with Crippen LogP contribution in [0, 0.1) is 5.82 Å². The molecule has 1 aliphatic heterocycles. The number of rotatable bonds is 10. The summed E-state index contributed by atoms with van der Waals surface area (Å²) in [5.74, 6) is -5.03. The molecule has 8 nitrogen and oxygen atoms in total. The van der Waals surface area contributed by atoms with Crippen LogP contribution in [0.5, 0.6) is 0 Å². The third-order valence-electron chi connectivity index (χ3n) is 5.87. The van der Waals surface area contributed by atoms with Gasteiger partial charge in [-0.2, -0.15) is 12.7 Å². The van der Waals surface area contributed by atoms with E-state index < -0.39 is 58.7 Å². The summed E-state index contributed by atoms with van der Waals surface area (Å²) in [5.41, 5.74) is 0.220. The Morgan fingerprint density at radius 2 is 1.83 bits per heavy atom. The smallest absolute Gasteiger partial charge is 0.279 e. The van der Waals surface area contributed by atoms with Crippen LogP contribution in [0.2, 0.25) is 5.02 Å². The van der Waals surface area contributed by atoms with Crippen molar-refractivity contribution in [2.75, 3.05) is 24.5 Å². The van der Waals surface area contributed by atoms with E-state index in [1.54, 1.807) is 12.1 Å². The molecule has 2 aromatic carbocycles. The molecule has 194 valence electrons. The molecule has 0 aromatic heterocycles. The van der Waals surface area contributed by atoms with E-state index in [0.29, 0.717) is 13.1 Å². The molecule has 2 aliphatic rings. The predicted octanol–water partition coefficient (Wildman–Crippen LogP) is 3.01. The first kappa shape index (κ1) is 26.4. The van der Waals surface area contributed by atoms with Gasteiger partial charge in [-0.3, -0.25) is 14.5 Å². The van der Waals surface area contributed by atoms with Gasteiger partial charge in [-0.15, -0.1) is 0 Å². The van der Waals surface area contributed by atoms with Gasteiger partial charge in [0.05, 0.1) is 0 Å². The number of anilines is 1. The first-order chi connectivity index (χ1) is 17.0.